The van der Waals surface area contributed by atoms with Gasteiger partial charge in [0.25, 0.3) is 0 Å². The molecule has 4 heterocycles. The quantitative estimate of drug-likeness (QED) is 0.467. The fourth-order valence-electron chi connectivity index (χ4n) is 3.96. The zero-order valence-electron chi connectivity index (χ0n) is 18.9. The first-order valence-corrected chi connectivity index (χ1v) is 11.2. The maximum Gasteiger partial charge on any atom is 0.189 e. The lowest BCUT2D eigenvalue weighted by atomic mass is 10.0. The maximum atomic E-state index is 6.25. The number of ether oxygens (including phenoxy) is 1. The van der Waals surface area contributed by atoms with Gasteiger partial charge in [0.05, 0.1) is 18.8 Å². The van der Waals surface area contributed by atoms with Crippen LogP contribution >= 0.6 is 0 Å². The van der Waals surface area contributed by atoms with Crippen LogP contribution in [0.4, 0.5) is 11.6 Å². The number of nitrogen functional groups attached to an aromatic ring is 1. The van der Waals surface area contributed by atoms with E-state index in [1.54, 1.807) is 10.7 Å². The smallest absolute Gasteiger partial charge is 0.189 e. The van der Waals surface area contributed by atoms with Crippen molar-refractivity contribution >= 4 is 17.3 Å². The van der Waals surface area contributed by atoms with Gasteiger partial charge in [-0.1, -0.05) is 24.3 Å². The summed E-state index contributed by atoms with van der Waals surface area (Å²) in [6.07, 6.45) is 1.79. The average molecular weight is 445 g/mol. The number of fused-ring (bicyclic) bond motifs is 1. The van der Waals surface area contributed by atoms with E-state index >= 15 is 0 Å². The van der Waals surface area contributed by atoms with Crippen molar-refractivity contribution in [3.05, 3.63) is 54.2 Å². The first-order chi connectivity index (χ1) is 16.1. The molecule has 0 amide bonds. The molecule has 0 saturated carbocycles. The summed E-state index contributed by atoms with van der Waals surface area (Å²) >= 11 is 0. The molecule has 4 aromatic rings. The Morgan fingerprint density at radius 2 is 1.82 bits per heavy atom. The summed E-state index contributed by atoms with van der Waals surface area (Å²) in [7, 11) is 0. The summed E-state index contributed by atoms with van der Waals surface area (Å²) in [6.45, 7) is 8.62. The van der Waals surface area contributed by atoms with Crippen LogP contribution in [-0.2, 0) is 11.3 Å². The summed E-state index contributed by atoms with van der Waals surface area (Å²) in [5.74, 6) is 1.70. The lowest BCUT2D eigenvalue weighted by Gasteiger charge is -2.26. The number of benzene rings is 1. The topological polar surface area (TPSA) is 106 Å². The highest BCUT2D eigenvalue weighted by atomic mass is 16.5. The summed E-state index contributed by atoms with van der Waals surface area (Å²) < 4.78 is 7.14. The molecule has 0 bridgehead atoms. The third-order valence-electron chi connectivity index (χ3n) is 5.66. The van der Waals surface area contributed by atoms with Gasteiger partial charge in [0.2, 0.25) is 0 Å². The van der Waals surface area contributed by atoms with Crippen LogP contribution in [0.3, 0.4) is 0 Å². The minimum Gasteiger partial charge on any atom is -0.383 e. The Labute approximate surface area is 192 Å². The molecule has 3 aromatic heterocycles. The molecular formula is C24H28N8O. The minimum atomic E-state index is 0.260. The summed E-state index contributed by atoms with van der Waals surface area (Å²) in [6, 6.07) is 14.6. The zero-order chi connectivity index (χ0) is 22.8. The Morgan fingerprint density at radius 1 is 1.03 bits per heavy atom. The largest absolute Gasteiger partial charge is 0.383 e. The van der Waals surface area contributed by atoms with Crippen LogP contribution in [0.1, 0.15) is 19.4 Å². The number of aromatic nitrogens is 5. The van der Waals surface area contributed by atoms with E-state index in [9.17, 15) is 0 Å². The Balaban J connectivity index is 1.44. The Morgan fingerprint density at radius 3 is 2.58 bits per heavy atom. The molecule has 33 heavy (non-hydrogen) atoms. The summed E-state index contributed by atoms with van der Waals surface area (Å²) in [4.78, 5) is 6.85. The lowest BCUT2D eigenvalue weighted by Crippen LogP contribution is -2.35. The van der Waals surface area contributed by atoms with E-state index in [0.717, 1.165) is 49.8 Å². The molecule has 1 aliphatic heterocycles. The second-order valence-electron chi connectivity index (χ2n) is 8.55. The van der Waals surface area contributed by atoms with Gasteiger partial charge in [0, 0.05) is 37.4 Å². The van der Waals surface area contributed by atoms with Gasteiger partial charge in [-0.25, -0.2) is 4.98 Å². The summed E-state index contributed by atoms with van der Waals surface area (Å²) in [5, 5.41) is 16.6. The summed E-state index contributed by atoms with van der Waals surface area (Å²) in [5.41, 5.74) is 10.9. The van der Waals surface area contributed by atoms with E-state index in [-0.39, 0.29) is 6.04 Å². The van der Waals surface area contributed by atoms with Crippen LogP contribution in [0.5, 0.6) is 0 Å². The number of hydrogen-bond acceptors (Lipinski definition) is 8. The first-order valence-electron chi connectivity index (χ1n) is 11.2. The van der Waals surface area contributed by atoms with Crippen LogP contribution < -0.4 is 11.1 Å². The van der Waals surface area contributed by atoms with Crippen LogP contribution in [0, 0.1) is 0 Å². The van der Waals surface area contributed by atoms with E-state index < -0.39 is 0 Å². The van der Waals surface area contributed by atoms with Gasteiger partial charge in [-0.15, -0.1) is 15.3 Å². The molecule has 0 atom stereocenters. The lowest BCUT2D eigenvalue weighted by molar-refractivity contribution is 0.0342. The normalized spacial score (nSPS) is 14.8. The van der Waals surface area contributed by atoms with E-state index in [1.807, 2.05) is 18.2 Å². The Kier molecular flexibility index (Phi) is 5.89. The number of pyridine rings is 1. The van der Waals surface area contributed by atoms with Crippen molar-refractivity contribution in [1.82, 2.24) is 29.7 Å². The maximum absolute atomic E-state index is 6.25. The monoisotopic (exact) mass is 444 g/mol. The molecule has 3 N–H and O–H groups in total. The number of nitrogens with zero attached hydrogens (tertiary/aromatic N) is 6. The van der Waals surface area contributed by atoms with Gasteiger partial charge in [0.1, 0.15) is 11.6 Å². The predicted octanol–water partition coefficient (Wildman–Crippen LogP) is 3.09. The van der Waals surface area contributed by atoms with Gasteiger partial charge in [0.15, 0.2) is 11.5 Å². The Hall–Kier alpha value is -3.56. The Bertz CT molecular complexity index is 1250. The van der Waals surface area contributed by atoms with Crippen LogP contribution in [0.15, 0.2) is 48.7 Å². The molecule has 1 aromatic carbocycles. The van der Waals surface area contributed by atoms with Crippen molar-refractivity contribution < 1.29 is 4.74 Å². The number of anilines is 2. The third-order valence-corrected chi connectivity index (χ3v) is 5.66. The van der Waals surface area contributed by atoms with Crippen molar-refractivity contribution in [3.8, 4) is 22.5 Å². The number of nitrogens with two attached hydrogens (primary N) is 1. The van der Waals surface area contributed by atoms with Crippen molar-refractivity contribution in [2.75, 3.05) is 37.4 Å². The highest BCUT2D eigenvalue weighted by Gasteiger charge is 2.16. The minimum absolute atomic E-state index is 0.260. The van der Waals surface area contributed by atoms with E-state index in [0.29, 0.717) is 22.9 Å². The molecule has 9 nitrogen and oxygen atoms in total. The fraction of sp³-hybridized carbons (Fsp3) is 0.333. The van der Waals surface area contributed by atoms with E-state index in [1.165, 1.54) is 5.56 Å². The molecule has 0 aliphatic carbocycles. The molecule has 0 unspecified atom stereocenters. The molecule has 0 radical (unpaired) electrons. The van der Waals surface area contributed by atoms with Crippen molar-refractivity contribution in [2.45, 2.75) is 26.4 Å². The standard InChI is InChI=1S/C24H28N8O/c1-16(2)27-21-7-8-22-28-29-24(32(22)30-21)20-13-19(14-26-23(20)25)18-5-3-17(4-6-18)15-31-9-11-33-12-10-31/h3-8,13-14,16H,9-12,15H2,1-2H3,(H2,25,26)(H,27,30). The van der Waals surface area contributed by atoms with Crippen LogP contribution in [-0.4, -0.2) is 62.0 Å². The molecule has 5 rings (SSSR count). The van der Waals surface area contributed by atoms with Gasteiger partial charge >= 0.3 is 0 Å². The van der Waals surface area contributed by atoms with Gasteiger partial charge in [-0.3, -0.25) is 4.90 Å². The average Bonchev–Trinajstić information content (AvgIpc) is 3.23. The van der Waals surface area contributed by atoms with Gasteiger partial charge in [-0.2, -0.15) is 4.52 Å². The number of morpholine rings is 1. The third kappa shape index (κ3) is 4.64. The number of hydrogen-bond donors (Lipinski definition) is 2. The SMILES string of the molecule is CC(C)Nc1ccc2nnc(-c3cc(-c4ccc(CN5CCOCC5)cc4)cnc3N)n2n1. The van der Waals surface area contributed by atoms with Crippen molar-refractivity contribution in [3.63, 3.8) is 0 Å². The zero-order valence-corrected chi connectivity index (χ0v) is 18.9. The highest BCUT2D eigenvalue weighted by molar-refractivity contribution is 5.76. The van der Waals surface area contributed by atoms with E-state index in [4.69, 9.17) is 10.5 Å². The molecule has 170 valence electrons. The van der Waals surface area contributed by atoms with Gasteiger partial charge in [-0.05, 0) is 43.2 Å². The molecule has 1 fully saturated rings. The molecule has 9 heteroatoms. The second kappa shape index (κ2) is 9.13. The molecule has 1 saturated heterocycles. The predicted molar refractivity (Wildman–Crippen MR) is 129 cm³/mol. The molecule has 0 spiro atoms. The van der Waals surface area contributed by atoms with E-state index in [2.05, 4.69) is 68.6 Å². The van der Waals surface area contributed by atoms with Crippen LogP contribution in [0.25, 0.3) is 28.2 Å². The number of rotatable bonds is 6. The first kappa shape index (κ1) is 21.3. The van der Waals surface area contributed by atoms with Crippen LogP contribution in [0.2, 0.25) is 0 Å². The van der Waals surface area contributed by atoms with Gasteiger partial charge < -0.3 is 15.8 Å². The van der Waals surface area contributed by atoms with Crippen molar-refractivity contribution in [1.29, 1.82) is 0 Å². The van der Waals surface area contributed by atoms with Crippen molar-refractivity contribution in [2.24, 2.45) is 0 Å². The second-order valence-corrected chi connectivity index (χ2v) is 8.55. The number of nitrogens with one attached hydrogen (secondary N) is 1. The fourth-order valence-corrected chi connectivity index (χ4v) is 3.96. The molecular weight excluding hydrogens is 416 g/mol. The highest BCUT2D eigenvalue weighted by Crippen LogP contribution is 2.29. The molecule has 1 aliphatic rings.